The molecule has 0 fully saturated rings. The highest BCUT2D eigenvalue weighted by Gasteiger charge is 2.12. The molecule has 0 aliphatic heterocycles. The quantitative estimate of drug-likeness (QED) is 0.517. The van der Waals surface area contributed by atoms with Gasteiger partial charge < -0.3 is 0 Å². The van der Waals surface area contributed by atoms with E-state index in [1.54, 1.807) is 47.1 Å². The summed E-state index contributed by atoms with van der Waals surface area (Å²) in [5, 5.41) is 0.545. The molecule has 0 amide bonds. The second-order valence-electron chi connectivity index (χ2n) is 6.27. The smallest absolute Gasteiger partial charge is 0.266 e. The zero-order valence-corrected chi connectivity index (χ0v) is 14.8. The van der Waals surface area contributed by atoms with E-state index >= 15 is 0 Å². The van der Waals surface area contributed by atoms with Crippen molar-refractivity contribution in [3.63, 3.8) is 0 Å². The molecule has 0 saturated carbocycles. The molecule has 0 N–H and O–H groups in total. The topological polar surface area (TPSA) is 34.9 Å². The van der Waals surface area contributed by atoms with Gasteiger partial charge in [-0.15, -0.1) is 0 Å². The standard InChI is InChI=1S/C23H17FN2O/c1-16-8-2-7-13-21(16)26-22(15-14-17-9-3-5-11-19(17)24)25-20-12-6-4-10-18(20)23(26)27/h2-15H,1H3/b15-14+. The number of hydrogen-bond acceptors (Lipinski definition) is 2. The van der Waals surface area contributed by atoms with Gasteiger partial charge in [-0.2, -0.15) is 0 Å². The molecular weight excluding hydrogens is 339 g/mol. The van der Waals surface area contributed by atoms with Crippen LogP contribution in [0.5, 0.6) is 0 Å². The van der Waals surface area contributed by atoms with E-state index in [4.69, 9.17) is 0 Å². The van der Waals surface area contributed by atoms with E-state index in [9.17, 15) is 9.18 Å². The van der Waals surface area contributed by atoms with Crippen LogP contribution in [0.3, 0.4) is 0 Å². The van der Waals surface area contributed by atoms with Crippen LogP contribution in [0.2, 0.25) is 0 Å². The molecule has 4 heteroatoms. The normalized spacial score (nSPS) is 11.3. The van der Waals surface area contributed by atoms with Crippen LogP contribution in [-0.4, -0.2) is 9.55 Å². The fraction of sp³-hybridized carbons (Fsp3) is 0.0435. The number of para-hydroxylation sites is 2. The van der Waals surface area contributed by atoms with Crippen LogP contribution >= 0.6 is 0 Å². The number of halogens is 1. The molecule has 3 aromatic carbocycles. The first-order chi connectivity index (χ1) is 13.1. The number of benzene rings is 3. The van der Waals surface area contributed by atoms with Gasteiger partial charge in [-0.3, -0.25) is 9.36 Å². The monoisotopic (exact) mass is 356 g/mol. The third-order valence-electron chi connectivity index (χ3n) is 4.48. The summed E-state index contributed by atoms with van der Waals surface area (Å²) in [7, 11) is 0. The molecular formula is C23H17FN2O. The summed E-state index contributed by atoms with van der Waals surface area (Å²) in [5.74, 6) is 0.135. The molecule has 0 unspecified atom stereocenters. The second kappa shape index (κ2) is 7.00. The molecule has 3 nitrogen and oxygen atoms in total. The molecule has 4 rings (SSSR count). The largest absolute Gasteiger partial charge is 0.268 e. The van der Waals surface area contributed by atoms with Crippen LogP contribution in [0.4, 0.5) is 4.39 Å². The Balaban J connectivity index is 1.99. The fourth-order valence-corrected chi connectivity index (χ4v) is 3.08. The maximum atomic E-state index is 14.0. The number of aryl methyl sites for hydroxylation is 1. The Morgan fingerprint density at radius 2 is 1.59 bits per heavy atom. The van der Waals surface area contributed by atoms with Gasteiger partial charge in [0.2, 0.25) is 0 Å². The van der Waals surface area contributed by atoms with Crippen LogP contribution < -0.4 is 5.56 Å². The lowest BCUT2D eigenvalue weighted by Crippen LogP contribution is -2.23. The van der Waals surface area contributed by atoms with Crippen molar-refractivity contribution in [2.75, 3.05) is 0 Å². The van der Waals surface area contributed by atoms with Crippen molar-refractivity contribution in [3.05, 3.63) is 106 Å². The Hall–Kier alpha value is -3.53. The minimum Gasteiger partial charge on any atom is -0.268 e. The SMILES string of the molecule is Cc1ccccc1-n1c(/C=C/c2ccccc2F)nc2ccccc2c1=O. The van der Waals surface area contributed by atoms with Crippen LogP contribution in [0.15, 0.2) is 77.6 Å². The van der Waals surface area contributed by atoms with Crippen molar-refractivity contribution in [3.8, 4) is 5.69 Å². The van der Waals surface area contributed by atoms with Crippen molar-refractivity contribution in [1.29, 1.82) is 0 Å². The van der Waals surface area contributed by atoms with Gasteiger partial charge in [0.15, 0.2) is 0 Å². The van der Waals surface area contributed by atoms with Gasteiger partial charge in [0, 0.05) is 5.56 Å². The summed E-state index contributed by atoms with van der Waals surface area (Å²) in [4.78, 5) is 17.8. The van der Waals surface area contributed by atoms with Crippen LogP contribution in [0.1, 0.15) is 17.0 Å². The maximum Gasteiger partial charge on any atom is 0.266 e. The lowest BCUT2D eigenvalue weighted by atomic mass is 10.1. The van der Waals surface area contributed by atoms with Crippen LogP contribution in [0, 0.1) is 12.7 Å². The predicted molar refractivity (Wildman–Crippen MR) is 107 cm³/mol. The molecule has 132 valence electrons. The molecule has 4 aromatic rings. The van der Waals surface area contributed by atoms with Crippen molar-refractivity contribution >= 4 is 23.1 Å². The van der Waals surface area contributed by atoms with Crippen molar-refractivity contribution in [2.45, 2.75) is 6.92 Å². The summed E-state index contributed by atoms with van der Waals surface area (Å²) in [6.07, 6.45) is 3.32. The summed E-state index contributed by atoms with van der Waals surface area (Å²) < 4.78 is 15.6. The number of hydrogen-bond donors (Lipinski definition) is 0. The number of nitrogens with zero attached hydrogens (tertiary/aromatic N) is 2. The molecule has 0 atom stereocenters. The Labute approximate surface area is 156 Å². The van der Waals surface area contributed by atoms with Crippen LogP contribution in [-0.2, 0) is 0 Å². The summed E-state index contributed by atoms with van der Waals surface area (Å²) in [5.41, 5.74) is 2.62. The van der Waals surface area contributed by atoms with Gasteiger partial charge in [-0.25, -0.2) is 9.37 Å². The first kappa shape index (κ1) is 16.9. The lowest BCUT2D eigenvalue weighted by Gasteiger charge is -2.13. The second-order valence-corrected chi connectivity index (χ2v) is 6.27. The first-order valence-corrected chi connectivity index (χ1v) is 8.65. The third kappa shape index (κ3) is 3.17. The Morgan fingerprint density at radius 3 is 2.41 bits per heavy atom. The number of fused-ring (bicyclic) bond motifs is 1. The Kier molecular flexibility index (Phi) is 4.38. The highest BCUT2D eigenvalue weighted by atomic mass is 19.1. The van der Waals surface area contributed by atoms with Gasteiger partial charge >= 0.3 is 0 Å². The molecule has 0 aliphatic carbocycles. The zero-order valence-electron chi connectivity index (χ0n) is 14.8. The van der Waals surface area contributed by atoms with E-state index in [0.29, 0.717) is 22.3 Å². The number of rotatable bonds is 3. The van der Waals surface area contributed by atoms with E-state index in [-0.39, 0.29) is 11.4 Å². The minimum absolute atomic E-state index is 0.150. The minimum atomic E-state index is -0.320. The fourth-order valence-electron chi connectivity index (χ4n) is 3.08. The average Bonchev–Trinajstić information content (AvgIpc) is 2.68. The van der Waals surface area contributed by atoms with E-state index < -0.39 is 0 Å². The predicted octanol–water partition coefficient (Wildman–Crippen LogP) is 5.00. The molecule has 0 radical (unpaired) electrons. The van der Waals surface area contributed by atoms with Gasteiger partial charge in [-0.1, -0.05) is 48.5 Å². The van der Waals surface area contributed by atoms with Crippen LogP contribution in [0.25, 0.3) is 28.7 Å². The van der Waals surface area contributed by atoms with Gasteiger partial charge in [0.1, 0.15) is 11.6 Å². The molecule has 1 heterocycles. The zero-order chi connectivity index (χ0) is 18.8. The van der Waals surface area contributed by atoms with E-state index in [2.05, 4.69) is 4.98 Å². The first-order valence-electron chi connectivity index (χ1n) is 8.65. The molecule has 0 aliphatic rings. The summed E-state index contributed by atoms with van der Waals surface area (Å²) in [6, 6.07) is 21.4. The maximum absolute atomic E-state index is 14.0. The molecule has 0 bridgehead atoms. The average molecular weight is 356 g/mol. The Bertz CT molecular complexity index is 1220. The highest BCUT2D eigenvalue weighted by molar-refractivity contribution is 5.80. The Morgan fingerprint density at radius 1 is 0.889 bits per heavy atom. The lowest BCUT2D eigenvalue weighted by molar-refractivity contribution is 0.625. The molecule has 0 spiro atoms. The van der Waals surface area contributed by atoms with E-state index in [1.165, 1.54) is 6.07 Å². The van der Waals surface area contributed by atoms with Gasteiger partial charge in [0.05, 0.1) is 16.6 Å². The van der Waals surface area contributed by atoms with Crippen molar-refractivity contribution in [1.82, 2.24) is 9.55 Å². The van der Waals surface area contributed by atoms with E-state index in [0.717, 1.165) is 11.3 Å². The van der Waals surface area contributed by atoms with Gasteiger partial charge in [-0.05, 0) is 48.9 Å². The van der Waals surface area contributed by atoms with E-state index in [1.807, 2.05) is 43.3 Å². The third-order valence-corrected chi connectivity index (χ3v) is 4.48. The van der Waals surface area contributed by atoms with Gasteiger partial charge in [0.25, 0.3) is 5.56 Å². The highest BCUT2D eigenvalue weighted by Crippen LogP contribution is 2.18. The summed E-state index contributed by atoms with van der Waals surface area (Å²) in [6.45, 7) is 1.95. The number of aromatic nitrogens is 2. The van der Waals surface area contributed by atoms with Crippen molar-refractivity contribution in [2.24, 2.45) is 0 Å². The summed E-state index contributed by atoms with van der Waals surface area (Å²) >= 11 is 0. The molecule has 0 saturated heterocycles. The molecule has 1 aromatic heterocycles. The van der Waals surface area contributed by atoms with Crippen molar-refractivity contribution < 1.29 is 4.39 Å². The molecule has 27 heavy (non-hydrogen) atoms.